The first-order valence-corrected chi connectivity index (χ1v) is 8.44. The van der Waals surface area contributed by atoms with Gasteiger partial charge in [0.25, 0.3) is 0 Å². The number of phenols is 1. The highest BCUT2D eigenvalue weighted by molar-refractivity contribution is 5.85. The van der Waals surface area contributed by atoms with E-state index in [0.29, 0.717) is 31.2 Å². The van der Waals surface area contributed by atoms with E-state index in [9.17, 15) is 9.90 Å². The topological polar surface area (TPSA) is 95.0 Å². The van der Waals surface area contributed by atoms with Crippen molar-refractivity contribution in [1.82, 2.24) is 16.0 Å². The van der Waals surface area contributed by atoms with Crippen molar-refractivity contribution in [1.29, 1.82) is 0 Å². The molecule has 0 bridgehead atoms. The quantitative estimate of drug-likeness (QED) is 0.441. The lowest BCUT2D eigenvalue weighted by Gasteiger charge is -2.20. The fourth-order valence-electron chi connectivity index (χ4n) is 2.15. The number of nitrogens with zero attached hydrogens (tertiary/aromatic N) is 1. The van der Waals surface area contributed by atoms with E-state index >= 15 is 0 Å². The lowest BCUT2D eigenvalue weighted by atomic mass is 10.1. The molecule has 7 nitrogen and oxygen atoms in total. The van der Waals surface area contributed by atoms with Crippen LogP contribution in [-0.4, -0.2) is 49.3 Å². The van der Waals surface area contributed by atoms with E-state index < -0.39 is 0 Å². The first kappa shape index (κ1) is 20.6. The normalized spacial score (nSPS) is 11.8. The predicted molar refractivity (Wildman–Crippen MR) is 100 cm³/mol. The third-order valence-corrected chi connectivity index (χ3v) is 3.22. The van der Waals surface area contributed by atoms with Gasteiger partial charge in [-0.15, -0.1) is 0 Å². The molecule has 4 N–H and O–H groups in total. The number of phenolic OH excluding ortho intramolecular Hbond substituents is 1. The minimum absolute atomic E-state index is 0.0559. The number of nitrogens with one attached hydrogen (secondary N) is 3. The molecule has 0 saturated heterocycles. The maximum atomic E-state index is 11.8. The van der Waals surface area contributed by atoms with Crippen molar-refractivity contribution in [3.05, 3.63) is 23.8 Å². The lowest BCUT2D eigenvalue weighted by Crippen LogP contribution is -2.43. The Morgan fingerprint density at radius 3 is 2.56 bits per heavy atom. The zero-order valence-electron chi connectivity index (χ0n) is 15.8. The molecule has 1 amide bonds. The van der Waals surface area contributed by atoms with Crippen molar-refractivity contribution in [3.63, 3.8) is 0 Å². The summed E-state index contributed by atoms with van der Waals surface area (Å²) in [5.74, 6) is 1.26. The summed E-state index contributed by atoms with van der Waals surface area (Å²) in [6, 6.07) is 5.23. The molecule has 0 aliphatic carbocycles. The van der Waals surface area contributed by atoms with Gasteiger partial charge >= 0.3 is 0 Å². The highest BCUT2D eigenvalue weighted by Crippen LogP contribution is 2.23. The first-order valence-electron chi connectivity index (χ1n) is 8.44. The van der Waals surface area contributed by atoms with Crippen LogP contribution in [0.5, 0.6) is 11.5 Å². The maximum absolute atomic E-state index is 11.8. The molecule has 0 aliphatic heterocycles. The maximum Gasteiger partial charge on any atom is 0.242 e. The van der Waals surface area contributed by atoms with Gasteiger partial charge in [0, 0.05) is 24.7 Å². The lowest BCUT2D eigenvalue weighted by molar-refractivity contribution is -0.121. The van der Waals surface area contributed by atoms with Gasteiger partial charge in [0.15, 0.2) is 5.96 Å². The highest BCUT2D eigenvalue weighted by Gasteiger charge is 2.13. The van der Waals surface area contributed by atoms with Gasteiger partial charge in [0.05, 0.1) is 7.11 Å². The smallest absolute Gasteiger partial charge is 0.242 e. The molecule has 1 aromatic carbocycles. The summed E-state index contributed by atoms with van der Waals surface area (Å²) in [7, 11) is 1.56. The molecule has 25 heavy (non-hydrogen) atoms. The summed E-state index contributed by atoms with van der Waals surface area (Å²) < 4.78 is 5.07. The third-order valence-electron chi connectivity index (χ3n) is 3.22. The van der Waals surface area contributed by atoms with E-state index in [4.69, 9.17) is 4.74 Å². The fraction of sp³-hybridized carbons (Fsp3) is 0.556. The Morgan fingerprint density at radius 2 is 2.00 bits per heavy atom. The molecule has 1 rings (SSSR count). The number of aliphatic imine (C=N–C) groups is 1. The zero-order valence-corrected chi connectivity index (χ0v) is 15.8. The van der Waals surface area contributed by atoms with Crippen LogP contribution in [0.15, 0.2) is 23.2 Å². The molecule has 0 saturated carbocycles. The molecular formula is C18H30N4O3. The minimum Gasteiger partial charge on any atom is -0.508 e. The minimum atomic E-state index is -0.274. The van der Waals surface area contributed by atoms with Crippen molar-refractivity contribution in [2.45, 2.75) is 39.7 Å². The van der Waals surface area contributed by atoms with Crippen molar-refractivity contribution < 1.29 is 14.6 Å². The molecule has 0 spiro atoms. The molecule has 140 valence electrons. The average molecular weight is 350 g/mol. The van der Waals surface area contributed by atoms with E-state index in [1.54, 1.807) is 13.2 Å². The number of aromatic hydroxyl groups is 1. The van der Waals surface area contributed by atoms with Crippen molar-refractivity contribution in [3.8, 4) is 11.5 Å². The molecule has 0 radical (unpaired) electrons. The third kappa shape index (κ3) is 8.28. The van der Waals surface area contributed by atoms with Crippen LogP contribution in [0, 0.1) is 0 Å². The SMILES string of the molecule is CCNC(=NCC(=O)NC(C)(C)C)NCCc1ccc(OC)cc1O. The largest absolute Gasteiger partial charge is 0.508 e. The van der Waals surface area contributed by atoms with E-state index in [-0.39, 0.29) is 23.7 Å². The summed E-state index contributed by atoms with van der Waals surface area (Å²) in [6.07, 6.45) is 0.619. The Morgan fingerprint density at radius 1 is 1.28 bits per heavy atom. The summed E-state index contributed by atoms with van der Waals surface area (Å²) in [5, 5.41) is 19.1. The second-order valence-corrected chi connectivity index (χ2v) is 6.66. The van der Waals surface area contributed by atoms with Gasteiger partial charge < -0.3 is 25.8 Å². The number of hydrogen-bond acceptors (Lipinski definition) is 4. The number of amides is 1. The van der Waals surface area contributed by atoms with Crippen LogP contribution in [0.3, 0.4) is 0 Å². The van der Waals surface area contributed by atoms with Gasteiger partial charge in [-0.3, -0.25) is 4.79 Å². The second-order valence-electron chi connectivity index (χ2n) is 6.66. The van der Waals surface area contributed by atoms with Crippen LogP contribution >= 0.6 is 0 Å². The molecule has 0 fully saturated rings. The number of rotatable bonds is 7. The number of methoxy groups -OCH3 is 1. The molecular weight excluding hydrogens is 320 g/mol. The Labute approximate surface area is 149 Å². The van der Waals surface area contributed by atoms with Crippen molar-refractivity contribution in [2.75, 3.05) is 26.7 Å². The van der Waals surface area contributed by atoms with Crippen LogP contribution in [0.2, 0.25) is 0 Å². The fourth-order valence-corrected chi connectivity index (χ4v) is 2.15. The second kappa shape index (κ2) is 9.76. The van der Waals surface area contributed by atoms with Crippen molar-refractivity contribution in [2.24, 2.45) is 4.99 Å². The number of carbonyl (C=O) groups excluding carboxylic acids is 1. The summed E-state index contributed by atoms with van der Waals surface area (Å²) in [5.41, 5.74) is 0.541. The number of hydrogen-bond donors (Lipinski definition) is 4. The van der Waals surface area contributed by atoms with Crippen LogP contribution in [0.1, 0.15) is 33.3 Å². The molecule has 0 aliphatic rings. The molecule has 1 aromatic rings. The van der Waals surface area contributed by atoms with E-state index in [1.807, 2.05) is 39.8 Å². The Kier molecular flexibility index (Phi) is 8.04. The van der Waals surface area contributed by atoms with E-state index in [1.165, 1.54) is 0 Å². The average Bonchev–Trinajstić information content (AvgIpc) is 2.52. The van der Waals surface area contributed by atoms with Crippen molar-refractivity contribution >= 4 is 11.9 Å². The summed E-state index contributed by atoms with van der Waals surface area (Å²) in [6.45, 7) is 9.08. The van der Waals surface area contributed by atoms with E-state index in [2.05, 4.69) is 20.9 Å². The van der Waals surface area contributed by atoms with Crippen LogP contribution in [0.4, 0.5) is 0 Å². The molecule has 0 aromatic heterocycles. The summed E-state index contributed by atoms with van der Waals surface area (Å²) in [4.78, 5) is 16.1. The van der Waals surface area contributed by atoms with Gasteiger partial charge in [0.1, 0.15) is 18.0 Å². The molecule has 0 atom stereocenters. The highest BCUT2D eigenvalue weighted by atomic mass is 16.5. The number of guanidine groups is 1. The number of ether oxygens (including phenoxy) is 1. The van der Waals surface area contributed by atoms with Crippen LogP contribution in [-0.2, 0) is 11.2 Å². The Balaban J connectivity index is 2.55. The summed E-state index contributed by atoms with van der Waals surface area (Å²) >= 11 is 0. The van der Waals surface area contributed by atoms with Gasteiger partial charge in [0.2, 0.25) is 5.91 Å². The Hall–Kier alpha value is -2.44. The van der Waals surface area contributed by atoms with Gasteiger partial charge in [-0.2, -0.15) is 0 Å². The number of benzene rings is 1. The van der Waals surface area contributed by atoms with Crippen LogP contribution in [0.25, 0.3) is 0 Å². The zero-order chi connectivity index (χ0) is 18.9. The monoisotopic (exact) mass is 350 g/mol. The van der Waals surface area contributed by atoms with Gasteiger partial charge in [-0.25, -0.2) is 4.99 Å². The van der Waals surface area contributed by atoms with E-state index in [0.717, 1.165) is 5.56 Å². The Bertz CT molecular complexity index is 594. The molecule has 0 unspecified atom stereocenters. The molecule has 7 heteroatoms. The predicted octanol–water partition coefficient (Wildman–Crippen LogP) is 1.41. The number of carbonyl (C=O) groups is 1. The van der Waals surface area contributed by atoms with Crippen LogP contribution < -0.4 is 20.7 Å². The van der Waals surface area contributed by atoms with Gasteiger partial charge in [-0.05, 0) is 45.7 Å². The molecule has 0 heterocycles. The van der Waals surface area contributed by atoms with Gasteiger partial charge in [-0.1, -0.05) is 6.07 Å². The standard InChI is InChI=1S/C18H30N4O3/c1-6-19-17(21-12-16(24)22-18(2,3)4)20-10-9-13-7-8-14(25-5)11-15(13)23/h7-8,11,23H,6,9-10,12H2,1-5H3,(H,22,24)(H2,19,20,21). The first-order chi connectivity index (χ1) is 11.7.